The molecule has 0 aliphatic heterocycles. The molecule has 2 aromatic rings. The van der Waals surface area contributed by atoms with Crippen LogP contribution in [0.4, 0.5) is 18.9 Å². The van der Waals surface area contributed by atoms with Gasteiger partial charge in [0.1, 0.15) is 0 Å². The summed E-state index contributed by atoms with van der Waals surface area (Å²) >= 11 is 6.22. The number of aliphatic hydroxyl groups is 2. The van der Waals surface area contributed by atoms with Gasteiger partial charge in [-0.1, -0.05) is 11.6 Å². The third kappa shape index (κ3) is 5.93. The maximum absolute atomic E-state index is 13.7. The smallest absolute Gasteiger partial charge is 0.255 e. The van der Waals surface area contributed by atoms with E-state index in [1.165, 1.54) is 19.1 Å². The van der Waals surface area contributed by atoms with E-state index in [0.29, 0.717) is 25.0 Å². The van der Waals surface area contributed by atoms with E-state index in [1.807, 2.05) is 0 Å². The molecule has 0 aromatic heterocycles. The molecule has 2 aliphatic rings. The van der Waals surface area contributed by atoms with Crippen molar-refractivity contribution >= 4 is 38.9 Å². The summed E-state index contributed by atoms with van der Waals surface area (Å²) in [6.45, 7) is 1.55. The third-order valence-corrected chi connectivity index (χ3v) is 10.2. The van der Waals surface area contributed by atoms with Crippen LogP contribution in [0.2, 0.25) is 5.02 Å². The van der Waals surface area contributed by atoms with Crippen molar-refractivity contribution in [1.29, 1.82) is 0 Å². The molecule has 2 bridgehead atoms. The van der Waals surface area contributed by atoms with Gasteiger partial charge < -0.3 is 20.8 Å². The van der Waals surface area contributed by atoms with Crippen molar-refractivity contribution < 1.29 is 41.4 Å². The van der Waals surface area contributed by atoms with Gasteiger partial charge in [0.2, 0.25) is 5.91 Å². The Hall–Kier alpha value is -2.67. The largest absolute Gasteiger partial charge is 0.392 e. The number of benzene rings is 2. The molecular weight excluding hydrogens is 561 g/mol. The second-order valence-corrected chi connectivity index (χ2v) is 12.9. The molecular formula is C26H28ClF3N2O6S. The van der Waals surface area contributed by atoms with Crippen molar-refractivity contribution in [3.05, 3.63) is 58.4 Å². The molecule has 4 unspecified atom stereocenters. The van der Waals surface area contributed by atoms with Crippen LogP contribution in [0.15, 0.2) is 35.2 Å². The topological polar surface area (TPSA) is 133 Å². The minimum atomic E-state index is -4.09. The number of hydrogen-bond donors (Lipinski definition) is 4. The summed E-state index contributed by atoms with van der Waals surface area (Å²) in [5.41, 5.74) is -1.90. The molecule has 2 fully saturated rings. The number of rotatable bonds is 8. The van der Waals surface area contributed by atoms with Gasteiger partial charge in [0.15, 0.2) is 27.3 Å². The molecule has 8 nitrogen and oxygen atoms in total. The molecule has 212 valence electrons. The Labute approximate surface area is 228 Å². The predicted molar refractivity (Wildman–Crippen MR) is 136 cm³/mol. The summed E-state index contributed by atoms with van der Waals surface area (Å²) in [6, 6.07) is 4.70. The van der Waals surface area contributed by atoms with Crippen LogP contribution < -0.4 is 10.6 Å². The number of carbonyl (C=O) groups excluding carboxylic acids is 2. The monoisotopic (exact) mass is 588 g/mol. The van der Waals surface area contributed by atoms with Crippen LogP contribution in [-0.2, 0) is 14.6 Å². The van der Waals surface area contributed by atoms with E-state index in [-0.39, 0.29) is 47.0 Å². The number of halogens is 4. The quantitative estimate of drug-likeness (QED) is 0.349. The molecule has 0 saturated heterocycles. The predicted octanol–water partition coefficient (Wildman–Crippen LogP) is 3.59. The fraction of sp³-hybridized carbons (Fsp3) is 0.462. The van der Waals surface area contributed by atoms with E-state index in [4.69, 9.17) is 11.6 Å². The van der Waals surface area contributed by atoms with E-state index in [0.717, 1.165) is 6.07 Å². The van der Waals surface area contributed by atoms with Crippen LogP contribution in [0.5, 0.6) is 0 Å². The number of anilines is 1. The highest BCUT2D eigenvalue weighted by Gasteiger charge is 2.56. The highest BCUT2D eigenvalue weighted by Crippen LogP contribution is 2.53. The minimum Gasteiger partial charge on any atom is -0.392 e. The standard InChI is InChI=1S/C26H28ClF3N2O6S/c1-13(33)12-31-23(34)11-26(36)15-3-4-16(26)8-18(7-15)39(37,38)22-6-14(2-5-19(22)27)25(35)32-17-9-20(28)24(30)21(29)10-17/h2,5-6,9-10,13,15-16,18,33,36H,3-4,7-8,11-12H2,1H3,(H,31,34)(H,32,35)/t13?,15-,16?,18?,26?/m0/s1. The molecule has 5 atom stereocenters. The second-order valence-electron chi connectivity index (χ2n) is 10.3. The van der Waals surface area contributed by atoms with E-state index >= 15 is 0 Å². The first-order valence-electron chi connectivity index (χ1n) is 12.4. The van der Waals surface area contributed by atoms with Gasteiger partial charge in [-0.05, 0) is 62.6 Å². The Morgan fingerprint density at radius 3 is 2.26 bits per heavy atom. The Kier molecular flexibility index (Phi) is 8.32. The average molecular weight is 589 g/mol. The average Bonchev–Trinajstić information content (AvgIpc) is 3.01. The van der Waals surface area contributed by atoms with Crippen LogP contribution in [0.3, 0.4) is 0 Å². The summed E-state index contributed by atoms with van der Waals surface area (Å²) in [5, 5.41) is 24.4. The molecule has 2 saturated carbocycles. The highest BCUT2D eigenvalue weighted by atomic mass is 35.5. The van der Waals surface area contributed by atoms with Crippen molar-refractivity contribution in [2.24, 2.45) is 11.8 Å². The van der Waals surface area contributed by atoms with Gasteiger partial charge in [0, 0.05) is 29.9 Å². The Morgan fingerprint density at radius 1 is 1.10 bits per heavy atom. The number of aliphatic hydroxyl groups excluding tert-OH is 1. The summed E-state index contributed by atoms with van der Waals surface area (Å²) < 4.78 is 67.6. The van der Waals surface area contributed by atoms with E-state index in [9.17, 15) is 41.4 Å². The first kappa shape index (κ1) is 29.3. The Bertz CT molecular complexity index is 1370. The number of sulfone groups is 1. The number of nitrogens with one attached hydrogen (secondary N) is 2. The molecule has 4 rings (SSSR count). The normalized spacial score (nSPS) is 25.3. The lowest BCUT2D eigenvalue weighted by Crippen LogP contribution is -2.51. The molecule has 0 heterocycles. The van der Waals surface area contributed by atoms with Crippen molar-refractivity contribution in [3.63, 3.8) is 0 Å². The van der Waals surface area contributed by atoms with Crippen LogP contribution in [0, 0.1) is 29.3 Å². The molecule has 2 aromatic carbocycles. The van der Waals surface area contributed by atoms with Crippen molar-refractivity contribution in [2.75, 3.05) is 11.9 Å². The molecule has 13 heteroatoms. The minimum absolute atomic E-state index is 0.0364. The van der Waals surface area contributed by atoms with Gasteiger partial charge in [-0.25, -0.2) is 21.6 Å². The van der Waals surface area contributed by atoms with Crippen LogP contribution >= 0.6 is 11.6 Å². The zero-order valence-corrected chi connectivity index (χ0v) is 22.5. The Morgan fingerprint density at radius 2 is 1.69 bits per heavy atom. The SMILES string of the molecule is CC(O)CNC(=O)CC1(O)C2CC[C@H]1CC(S(=O)(=O)c1cc(C(=O)Nc3cc(F)c(F)c(F)c3)ccc1Cl)C2. The first-order valence-corrected chi connectivity index (χ1v) is 14.3. The van der Waals surface area contributed by atoms with Gasteiger partial charge in [-0.3, -0.25) is 9.59 Å². The number of fused-ring (bicyclic) bond motifs is 2. The third-order valence-electron chi connectivity index (χ3n) is 7.59. The summed E-state index contributed by atoms with van der Waals surface area (Å²) in [5.74, 6) is -6.94. The Balaban J connectivity index is 1.52. The van der Waals surface area contributed by atoms with Gasteiger partial charge in [0.25, 0.3) is 5.91 Å². The van der Waals surface area contributed by atoms with Crippen LogP contribution in [0.1, 0.15) is 49.4 Å². The fourth-order valence-electron chi connectivity index (χ4n) is 5.61. The molecule has 2 aliphatic carbocycles. The van der Waals surface area contributed by atoms with Crippen molar-refractivity contribution in [1.82, 2.24) is 5.32 Å². The molecule has 2 amide bonds. The van der Waals surface area contributed by atoms with Gasteiger partial charge in [0.05, 0.1) is 33.3 Å². The first-order chi connectivity index (χ1) is 18.2. The van der Waals surface area contributed by atoms with Crippen LogP contribution in [0.25, 0.3) is 0 Å². The summed E-state index contributed by atoms with van der Waals surface area (Å²) in [6.07, 6.45) is 0.292. The number of amides is 2. The zero-order valence-electron chi connectivity index (χ0n) is 20.9. The summed E-state index contributed by atoms with van der Waals surface area (Å²) in [7, 11) is -4.09. The fourth-order valence-corrected chi connectivity index (χ4v) is 8.01. The lowest BCUT2D eigenvalue weighted by Gasteiger charge is -2.42. The summed E-state index contributed by atoms with van der Waals surface area (Å²) in [4.78, 5) is 24.8. The van der Waals surface area contributed by atoms with Crippen molar-refractivity contribution in [3.8, 4) is 0 Å². The number of carbonyl (C=O) groups is 2. The lowest BCUT2D eigenvalue weighted by atomic mass is 9.72. The van der Waals surface area contributed by atoms with Gasteiger partial charge in [-0.15, -0.1) is 0 Å². The molecule has 0 spiro atoms. The molecule has 4 N–H and O–H groups in total. The number of hydrogen-bond acceptors (Lipinski definition) is 6. The van der Waals surface area contributed by atoms with Crippen molar-refractivity contribution in [2.45, 2.75) is 60.9 Å². The lowest BCUT2D eigenvalue weighted by molar-refractivity contribution is -0.133. The van der Waals surface area contributed by atoms with E-state index in [1.54, 1.807) is 0 Å². The van der Waals surface area contributed by atoms with Crippen LogP contribution in [-0.4, -0.2) is 53.9 Å². The molecule has 0 radical (unpaired) electrons. The highest BCUT2D eigenvalue weighted by molar-refractivity contribution is 7.92. The second kappa shape index (κ2) is 11.1. The van der Waals surface area contributed by atoms with E-state index in [2.05, 4.69) is 10.6 Å². The zero-order chi connectivity index (χ0) is 28.7. The van der Waals surface area contributed by atoms with E-state index < -0.39 is 67.9 Å². The maximum Gasteiger partial charge on any atom is 0.255 e. The molecule has 39 heavy (non-hydrogen) atoms. The maximum atomic E-state index is 13.7. The van der Waals surface area contributed by atoms with Gasteiger partial charge >= 0.3 is 0 Å². The van der Waals surface area contributed by atoms with Gasteiger partial charge in [-0.2, -0.15) is 0 Å².